The molecule has 1 amide bonds. The van der Waals surface area contributed by atoms with Crippen LogP contribution in [0.4, 0.5) is 5.69 Å². The maximum absolute atomic E-state index is 13.0. The standard InChI is InChI=1S/C25H29N3O3S/c1-18-8-11-20(25(2,3)4)17-23(18)32(30,31)28-22-12-9-19(10-13-22)24(29)27-16-14-21-7-5-6-15-26-21/h5-13,15,17,28H,14,16H2,1-4H3,(H,27,29). The quantitative estimate of drug-likeness (QED) is 0.555. The number of amides is 1. The van der Waals surface area contributed by atoms with Crippen LogP contribution in [0, 0.1) is 6.92 Å². The molecular formula is C25H29N3O3S. The van der Waals surface area contributed by atoms with Gasteiger partial charge in [-0.25, -0.2) is 8.42 Å². The Hall–Kier alpha value is -3.19. The number of carbonyl (C=O) groups is 1. The van der Waals surface area contributed by atoms with Crippen molar-refractivity contribution in [1.82, 2.24) is 10.3 Å². The van der Waals surface area contributed by atoms with Gasteiger partial charge in [0, 0.05) is 36.1 Å². The van der Waals surface area contributed by atoms with E-state index >= 15 is 0 Å². The molecule has 0 aliphatic carbocycles. The Kier molecular flexibility index (Phi) is 6.99. The molecule has 0 saturated heterocycles. The van der Waals surface area contributed by atoms with Crippen molar-refractivity contribution in [3.63, 3.8) is 0 Å². The Morgan fingerprint density at radius 2 is 1.72 bits per heavy atom. The molecule has 3 aromatic rings. The monoisotopic (exact) mass is 451 g/mol. The summed E-state index contributed by atoms with van der Waals surface area (Å²) in [5.41, 5.74) is 3.22. The van der Waals surface area contributed by atoms with Crippen LogP contribution in [0.25, 0.3) is 0 Å². The fraction of sp³-hybridized carbons (Fsp3) is 0.280. The maximum Gasteiger partial charge on any atom is 0.262 e. The summed E-state index contributed by atoms with van der Waals surface area (Å²) in [4.78, 5) is 16.8. The number of pyridine rings is 1. The number of aromatic nitrogens is 1. The van der Waals surface area contributed by atoms with Crippen LogP contribution in [0.15, 0.2) is 71.8 Å². The molecule has 1 heterocycles. The number of carbonyl (C=O) groups excluding carboxylic acids is 1. The van der Waals surface area contributed by atoms with Gasteiger partial charge in [0.15, 0.2) is 0 Å². The molecule has 2 N–H and O–H groups in total. The summed E-state index contributed by atoms with van der Waals surface area (Å²) in [6, 6.07) is 17.6. The highest BCUT2D eigenvalue weighted by Gasteiger charge is 2.21. The summed E-state index contributed by atoms with van der Waals surface area (Å²) in [7, 11) is -3.76. The van der Waals surface area contributed by atoms with Crippen molar-refractivity contribution in [3.8, 4) is 0 Å². The van der Waals surface area contributed by atoms with Gasteiger partial charge in [-0.3, -0.25) is 14.5 Å². The molecule has 168 valence electrons. The largest absolute Gasteiger partial charge is 0.352 e. The highest BCUT2D eigenvalue weighted by atomic mass is 32.2. The number of anilines is 1. The first-order valence-electron chi connectivity index (χ1n) is 10.5. The van der Waals surface area contributed by atoms with Crippen molar-refractivity contribution < 1.29 is 13.2 Å². The average molecular weight is 452 g/mol. The lowest BCUT2D eigenvalue weighted by molar-refractivity contribution is 0.0954. The van der Waals surface area contributed by atoms with Crippen LogP contribution < -0.4 is 10.0 Å². The van der Waals surface area contributed by atoms with Gasteiger partial charge in [0.2, 0.25) is 0 Å². The van der Waals surface area contributed by atoms with Gasteiger partial charge in [0.25, 0.3) is 15.9 Å². The minimum atomic E-state index is -3.76. The molecule has 3 rings (SSSR count). The highest BCUT2D eigenvalue weighted by Crippen LogP contribution is 2.27. The molecule has 0 bridgehead atoms. The average Bonchev–Trinajstić information content (AvgIpc) is 2.74. The van der Waals surface area contributed by atoms with Gasteiger partial charge < -0.3 is 5.32 Å². The first-order valence-corrected chi connectivity index (χ1v) is 12.0. The SMILES string of the molecule is Cc1ccc(C(C)(C)C)cc1S(=O)(=O)Nc1ccc(C(=O)NCCc2ccccn2)cc1. The Morgan fingerprint density at radius 3 is 2.34 bits per heavy atom. The highest BCUT2D eigenvalue weighted by molar-refractivity contribution is 7.92. The second-order valence-corrected chi connectivity index (χ2v) is 10.4. The number of hydrogen-bond donors (Lipinski definition) is 2. The van der Waals surface area contributed by atoms with Crippen molar-refractivity contribution >= 4 is 21.6 Å². The number of nitrogens with zero attached hydrogens (tertiary/aromatic N) is 1. The molecule has 0 unspecified atom stereocenters. The van der Waals surface area contributed by atoms with E-state index in [1.165, 1.54) is 0 Å². The second-order valence-electron chi connectivity index (χ2n) is 8.74. The van der Waals surface area contributed by atoms with Gasteiger partial charge in [0.1, 0.15) is 0 Å². The fourth-order valence-electron chi connectivity index (χ4n) is 3.21. The van der Waals surface area contributed by atoms with E-state index in [2.05, 4.69) is 15.0 Å². The van der Waals surface area contributed by atoms with Gasteiger partial charge in [-0.2, -0.15) is 0 Å². The second kappa shape index (κ2) is 9.53. The van der Waals surface area contributed by atoms with Gasteiger partial charge in [-0.05, 0) is 65.9 Å². The molecule has 1 aromatic heterocycles. The molecule has 0 spiro atoms. The molecular weight excluding hydrogens is 422 g/mol. The summed E-state index contributed by atoms with van der Waals surface area (Å²) in [5.74, 6) is -0.218. The predicted molar refractivity (Wildman–Crippen MR) is 127 cm³/mol. The molecule has 7 heteroatoms. The molecule has 0 saturated carbocycles. The Labute approximate surface area is 190 Å². The van der Waals surface area contributed by atoms with Gasteiger partial charge in [0.05, 0.1) is 4.90 Å². The Balaban J connectivity index is 1.66. The molecule has 0 aliphatic rings. The van der Waals surface area contributed by atoms with E-state index in [-0.39, 0.29) is 16.2 Å². The molecule has 0 atom stereocenters. The molecule has 0 aliphatic heterocycles. The Morgan fingerprint density at radius 1 is 1.00 bits per heavy atom. The smallest absolute Gasteiger partial charge is 0.262 e. The van der Waals surface area contributed by atoms with Crippen molar-refractivity contribution in [2.24, 2.45) is 0 Å². The van der Waals surface area contributed by atoms with E-state index in [4.69, 9.17) is 0 Å². The minimum Gasteiger partial charge on any atom is -0.352 e. The van der Waals surface area contributed by atoms with E-state index in [0.29, 0.717) is 29.8 Å². The number of sulfonamides is 1. The van der Waals surface area contributed by atoms with Crippen LogP contribution in [-0.4, -0.2) is 25.9 Å². The Bertz CT molecular complexity index is 1180. The van der Waals surface area contributed by atoms with Gasteiger partial charge >= 0.3 is 0 Å². The van der Waals surface area contributed by atoms with Crippen molar-refractivity contribution in [2.45, 2.75) is 44.4 Å². The van der Waals surface area contributed by atoms with Crippen LogP contribution in [0.2, 0.25) is 0 Å². The van der Waals surface area contributed by atoms with E-state index in [1.807, 2.05) is 51.1 Å². The lowest BCUT2D eigenvalue weighted by Gasteiger charge is -2.21. The summed E-state index contributed by atoms with van der Waals surface area (Å²) >= 11 is 0. The third kappa shape index (κ3) is 5.95. The van der Waals surface area contributed by atoms with Crippen molar-refractivity contribution in [1.29, 1.82) is 0 Å². The van der Waals surface area contributed by atoms with E-state index in [9.17, 15) is 13.2 Å². The number of rotatable bonds is 7. The zero-order valence-electron chi connectivity index (χ0n) is 18.8. The van der Waals surface area contributed by atoms with E-state index in [0.717, 1.165) is 11.3 Å². The topological polar surface area (TPSA) is 88.2 Å². The van der Waals surface area contributed by atoms with E-state index < -0.39 is 10.0 Å². The van der Waals surface area contributed by atoms with Crippen molar-refractivity contribution in [3.05, 3.63) is 89.2 Å². The minimum absolute atomic E-state index is 0.163. The molecule has 32 heavy (non-hydrogen) atoms. The summed E-state index contributed by atoms with van der Waals surface area (Å²) in [6.07, 6.45) is 2.36. The number of benzene rings is 2. The fourth-order valence-corrected chi connectivity index (χ4v) is 4.54. The van der Waals surface area contributed by atoms with Crippen LogP contribution in [0.3, 0.4) is 0 Å². The lowest BCUT2D eigenvalue weighted by Crippen LogP contribution is -2.25. The van der Waals surface area contributed by atoms with Crippen LogP contribution in [0.5, 0.6) is 0 Å². The molecule has 2 aromatic carbocycles. The summed E-state index contributed by atoms with van der Waals surface area (Å²) in [6.45, 7) is 8.37. The summed E-state index contributed by atoms with van der Waals surface area (Å²) < 4.78 is 28.6. The molecule has 0 fully saturated rings. The predicted octanol–water partition coefficient (Wildman–Crippen LogP) is 4.46. The lowest BCUT2D eigenvalue weighted by atomic mass is 9.87. The first-order chi connectivity index (χ1) is 15.1. The van der Waals surface area contributed by atoms with Gasteiger partial charge in [-0.15, -0.1) is 0 Å². The van der Waals surface area contributed by atoms with Crippen LogP contribution in [-0.2, 0) is 21.9 Å². The normalized spacial score (nSPS) is 11.8. The zero-order chi connectivity index (χ0) is 23.4. The molecule has 6 nitrogen and oxygen atoms in total. The van der Waals surface area contributed by atoms with Crippen LogP contribution >= 0.6 is 0 Å². The number of nitrogens with one attached hydrogen (secondary N) is 2. The van der Waals surface area contributed by atoms with Crippen molar-refractivity contribution in [2.75, 3.05) is 11.3 Å². The number of aryl methyl sites for hydroxylation is 1. The zero-order valence-corrected chi connectivity index (χ0v) is 19.7. The van der Waals surface area contributed by atoms with E-state index in [1.54, 1.807) is 43.5 Å². The maximum atomic E-state index is 13.0. The summed E-state index contributed by atoms with van der Waals surface area (Å²) in [5, 5.41) is 2.85. The third-order valence-corrected chi connectivity index (χ3v) is 6.66. The third-order valence-electron chi connectivity index (χ3n) is 5.14. The van der Waals surface area contributed by atoms with Gasteiger partial charge in [-0.1, -0.05) is 39.0 Å². The number of hydrogen-bond acceptors (Lipinski definition) is 4. The molecule has 0 radical (unpaired) electrons. The van der Waals surface area contributed by atoms with Crippen LogP contribution in [0.1, 0.15) is 48.0 Å². The first kappa shape index (κ1) is 23.5.